The number of rotatable bonds is 4. The van der Waals surface area contributed by atoms with Crippen LogP contribution in [0.1, 0.15) is 18.9 Å². The number of hydrogen-bond donors (Lipinski definition) is 1. The quantitative estimate of drug-likeness (QED) is 0.598. The Hall–Kier alpha value is -2.17. The molecule has 0 bridgehead atoms. The van der Waals surface area contributed by atoms with Gasteiger partial charge in [-0.3, -0.25) is 0 Å². The monoisotopic (exact) mass is 322 g/mol. The van der Waals surface area contributed by atoms with Crippen molar-refractivity contribution in [2.24, 2.45) is 0 Å². The lowest BCUT2D eigenvalue weighted by molar-refractivity contribution is 0.0432. The molecule has 4 rings (SSSR count). The molecule has 0 spiro atoms. The van der Waals surface area contributed by atoms with Gasteiger partial charge in [0.15, 0.2) is 0 Å². The Morgan fingerprint density at radius 1 is 1.13 bits per heavy atom. The SMILES string of the molecule is CC(O)(CCn1ccnc1)c1ccc2sc3ccccc3c2c1. The molecule has 1 unspecified atom stereocenters. The Morgan fingerprint density at radius 2 is 1.96 bits per heavy atom. The van der Waals surface area contributed by atoms with Crippen LogP contribution in [0.15, 0.2) is 61.2 Å². The number of imidazole rings is 1. The Bertz CT molecular complexity index is 954. The molecule has 1 N–H and O–H groups in total. The minimum absolute atomic E-state index is 0.650. The van der Waals surface area contributed by atoms with E-state index in [0.29, 0.717) is 6.42 Å². The van der Waals surface area contributed by atoms with Crippen molar-refractivity contribution >= 4 is 31.5 Å². The molecule has 1 atom stereocenters. The second-order valence-electron chi connectivity index (χ2n) is 6.13. The molecule has 23 heavy (non-hydrogen) atoms. The van der Waals surface area contributed by atoms with Gasteiger partial charge in [-0.05, 0) is 37.1 Å². The molecule has 0 aliphatic rings. The number of nitrogens with zero attached hydrogens (tertiary/aromatic N) is 2. The van der Waals surface area contributed by atoms with Gasteiger partial charge in [-0.2, -0.15) is 0 Å². The molecule has 0 radical (unpaired) electrons. The van der Waals surface area contributed by atoms with Gasteiger partial charge in [0.2, 0.25) is 0 Å². The third-order valence-corrected chi connectivity index (χ3v) is 5.57. The minimum atomic E-state index is -0.860. The molecule has 2 heterocycles. The van der Waals surface area contributed by atoms with E-state index in [1.165, 1.54) is 20.2 Å². The molecule has 4 aromatic rings. The Labute approximate surface area is 138 Å². The minimum Gasteiger partial charge on any atom is -0.385 e. The fraction of sp³-hybridized carbons (Fsp3) is 0.211. The van der Waals surface area contributed by atoms with E-state index in [0.717, 1.165) is 12.1 Å². The summed E-state index contributed by atoms with van der Waals surface area (Å²) in [4.78, 5) is 4.05. The van der Waals surface area contributed by atoms with Crippen LogP contribution < -0.4 is 0 Å². The summed E-state index contributed by atoms with van der Waals surface area (Å²) in [5.41, 5.74) is 0.107. The average Bonchev–Trinajstić information content (AvgIpc) is 3.20. The second kappa shape index (κ2) is 5.48. The molecular weight excluding hydrogens is 304 g/mol. The van der Waals surface area contributed by atoms with E-state index in [-0.39, 0.29) is 0 Å². The van der Waals surface area contributed by atoms with Crippen LogP contribution in [0.5, 0.6) is 0 Å². The van der Waals surface area contributed by atoms with Crippen LogP contribution >= 0.6 is 11.3 Å². The first-order valence-electron chi connectivity index (χ1n) is 7.73. The topological polar surface area (TPSA) is 38.0 Å². The molecule has 0 aliphatic heterocycles. The highest BCUT2D eigenvalue weighted by Crippen LogP contribution is 2.36. The molecule has 0 aliphatic carbocycles. The second-order valence-corrected chi connectivity index (χ2v) is 7.22. The van der Waals surface area contributed by atoms with Crippen molar-refractivity contribution < 1.29 is 5.11 Å². The van der Waals surface area contributed by atoms with Crippen molar-refractivity contribution in [1.82, 2.24) is 9.55 Å². The number of aromatic nitrogens is 2. The lowest BCUT2D eigenvalue weighted by Gasteiger charge is -2.24. The van der Waals surface area contributed by atoms with Crippen molar-refractivity contribution in [1.29, 1.82) is 0 Å². The van der Waals surface area contributed by atoms with Crippen molar-refractivity contribution in [3.63, 3.8) is 0 Å². The van der Waals surface area contributed by atoms with Crippen LogP contribution in [0.2, 0.25) is 0 Å². The van der Waals surface area contributed by atoms with Crippen molar-refractivity contribution in [3.8, 4) is 0 Å². The number of aliphatic hydroxyl groups is 1. The van der Waals surface area contributed by atoms with Gasteiger partial charge >= 0.3 is 0 Å². The highest BCUT2D eigenvalue weighted by Gasteiger charge is 2.23. The Morgan fingerprint density at radius 3 is 2.78 bits per heavy atom. The molecule has 116 valence electrons. The molecule has 2 aromatic heterocycles. The van der Waals surface area contributed by atoms with Gasteiger partial charge in [0.25, 0.3) is 0 Å². The fourth-order valence-electron chi connectivity index (χ4n) is 2.97. The maximum atomic E-state index is 10.9. The fourth-order valence-corrected chi connectivity index (χ4v) is 4.06. The van der Waals surface area contributed by atoms with Gasteiger partial charge in [-0.15, -0.1) is 11.3 Å². The van der Waals surface area contributed by atoms with E-state index in [1.807, 2.05) is 23.8 Å². The summed E-state index contributed by atoms with van der Waals surface area (Å²) < 4.78 is 4.55. The van der Waals surface area contributed by atoms with Gasteiger partial charge in [0.1, 0.15) is 0 Å². The highest BCUT2D eigenvalue weighted by atomic mass is 32.1. The van der Waals surface area contributed by atoms with E-state index in [2.05, 4.69) is 41.4 Å². The first-order valence-corrected chi connectivity index (χ1v) is 8.55. The standard InChI is InChI=1S/C19H18N2OS/c1-19(22,8-10-21-11-9-20-13-21)14-6-7-18-16(12-14)15-4-2-3-5-17(15)23-18/h2-7,9,11-13,22H,8,10H2,1H3. The zero-order chi connectivity index (χ0) is 15.9. The average molecular weight is 322 g/mol. The van der Waals surface area contributed by atoms with Crippen molar-refractivity contribution in [3.05, 3.63) is 66.7 Å². The normalized spacial score (nSPS) is 14.3. The van der Waals surface area contributed by atoms with Crippen LogP contribution in [-0.2, 0) is 12.1 Å². The van der Waals surface area contributed by atoms with Gasteiger partial charge in [-0.1, -0.05) is 24.3 Å². The maximum Gasteiger partial charge on any atom is 0.0945 e. The molecular formula is C19H18N2OS. The van der Waals surface area contributed by atoms with Crippen LogP contribution in [0.4, 0.5) is 0 Å². The number of aryl methyl sites for hydroxylation is 1. The third-order valence-electron chi connectivity index (χ3n) is 4.41. The van der Waals surface area contributed by atoms with Gasteiger partial charge in [0, 0.05) is 39.1 Å². The van der Waals surface area contributed by atoms with E-state index in [9.17, 15) is 5.11 Å². The zero-order valence-corrected chi connectivity index (χ0v) is 13.8. The molecule has 2 aromatic carbocycles. The van der Waals surface area contributed by atoms with Gasteiger partial charge in [-0.25, -0.2) is 4.98 Å². The summed E-state index contributed by atoms with van der Waals surface area (Å²) in [5, 5.41) is 13.4. The van der Waals surface area contributed by atoms with Crippen molar-refractivity contribution in [2.45, 2.75) is 25.5 Å². The predicted octanol–water partition coefficient (Wildman–Crippen LogP) is 4.55. The summed E-state index contributed by atoms with van der Waals surface area (Å²) in [6, 6.07) is 14.8. The number of hydrogen-bond acceptors (Lipinski definition) is 3. The van der Waals surface area contributed by atoms with E-state index >= 15 is 0 Å². The largest absolute Gasteiger partial charge is 0.385 e. The van der Waals surface area contributed by atoms with Gasteiger partial charge < -0.3 is 9.67 Å². The molecule has 0 saturated carbocycles. The van der Waals surface area contributed by atoms with E-state index in [1.54, 1.807) is 23.9 Å². The predicted molar refractivity (Wildman–Crippen MR) is 95.7 cm³/mol. The molecule has 3 nitrogen and oxygen atoms in total. The summed E-state index contributed by atoms with van der Waals surface area (Å²) in [5.74, 6) is 0. The van der Waals surface area contributed by atoms with Gasteiger partial charge in [0.05, 0.1) is 11.9 Å². The lowest BCUT2D eigenvalue weighted by Crippen LogP contribution is -2.23. The maximum absolute atomic E-state index is 10.9. The number of benzene rings is 2. The molecule has 4 heteroatoms. The first-order chi connectivity index (χ1) is 11.1. The van der Waals surface area contributed by atoms with Crippen LogP contribution in [0.3, 0.4) is 0 Å². The van der Waals surface area contributed by atoms with Crippen LogP contribution in [-0.4, -0.2) is 14.7 Å². The first kappa shape index (κ1) is 14.4. The lowest BCUT2D eigenvalue weighted by atomic mass is 9.91. The van der Waals surface area contributed by atoms with Crippen LogP contribution in [0, 0.1) is 0 Å². The highest BCUT2D eigenvalue weighted by molar-refractivity contribution is 7.25. The third kappa shape index (κ3) is 2.64. The Kier molecular flexibility index (Phi) is 3.43. The zero-order valence-electron chi connectivity index (χ0n) is 12.9. The Balaban J connectivity index is 1.71. The van der Waals surface area contributed by atoms with Crippen LogP contribution in [0.25, 0.3) is 20.2 Å². The summed E-state index contributed by atoms with van der Waals surface area (Å²) in [7, 11) is 0. The summed E-state index contributed by atoms with van der Waals surface area (Å²) in [6.45, 7) is 2.63. The summed E-state index contributed by atoms with van der Waals surface area (Å²) >= 11 is 1.80. The number of thiophene rings is 1. The molecule has 0 fully saturated rings. The summed E-state index contributed by atoms with van der Waals surface area (Å²) in [6.07, 6.45) is 6.12. The van der Waals surface area contributed by atoms with E-state index in [4.69, 9.17) is 0 Å². The smallest absolute Gasteiger partial charge is 0.0945 e. The van der Waals surface area contributed by atoms with E-state index < -0.39 is 5.60 Å². The van der Waals surface area contributed by atoms with Crippen molar-refractivity contribution in [2.75, 3.05) is 0 Å². The number of fused-ring (bicyclic) bond motifs is 3. The molecule has 0 saturated heterocycles. The molecule has 0 amide bonds.